The van der Waals surface area contributed by atoms with Gasteiger partial charge in [0.1, 0.15) is 17.5 Å². The van der Waals surface area contributed by atoms with Crippen molar-refractivity contribution in [1.29, 1.82) is 5.41 Å². The maximum atomic E-state index is 12.6. The van der Waals surface area contributed by atoms with Crippen molar-refractivity contribution in [3.05, 3.63) is 40.9 Å². The molecule has 1 aromatic carbocycles. The van der Waals surface area contributed by atoms with Crippen LogP contribution in [0.1, 0.15) is 18.5 Å². The SMILES string of the molecule is CC(c1ccc(OCC(F)F)c(Cl)c1)N1CC2(C(=N)Cl)C=CC2C1=O. The highest BCUT2D eigenvalue weighted by Gasteiger charge is 2.57. The van der Waals surface area contributed by atoms with Gasteiger partial charge in [-0.3, -0.25) is 10.2 Å². The molecule has 4 nitrogen and oxygen atoms in total. The van der Waals surface area contributed by atoms with Gasteiger partial charge in [-0.15, -0.1) is 0 Å². The summed E-state index contributed by atoms with van der Waals surface area (Å²) in [6.45, 7) is 1.45. The second kappa shape index (κ2) is 6.57. The summed E-state index contributed by atoms with van der Waals surface area (Å²) >= 11 is 12.0. The van der Waals surface area contributed by atoms with E-state index in [4.69, 9.17) is 33.3 Å². The molecule has 3 rings (SSSR count). The topological polar surface area (TPSA) is 53.4 Å². The van der Waals surface area contributed by atoms with Crippen LogP contribution < -0.4 is 4.74 Å². The van der Waals surface area contributed by atoms with E-state index in [9.17, 15) is 13.6 Å². The predicted molar refractivity (Wildman–Crippen MR) is 91.7 cm³/mol. The van der Waals surface area contributed by atoms with Gasteiger partial charge in [0, 0.05) is 6.54 Å². The number of hydrogen-bond acceptors (Lipinski definition) is 3. The Labute approximate surface area is 153 Å². The van der Waals surface area contributed by atoms with Crippen LogP contribution in [-0.2, 0) is 4.79 Å². The monoisotopic (exact) mass is 388 g/mol. The van der Waals surface area contributed by atoms with E-state index in [-0.39, 0.29) is 27.9 Å². The molecule has 0 bridgehead atoms. The van der Waals surface area contributed by atoms with E-state index in [1.54, 1.807) is 29.2 Å². The van der Waals surface area contributed by atoms with E-state index in [2.05, 4.69) is 0 Å². The summed E-state index contributed by atoms with van der Waals surface area (Å²) in [6, 6.07) is 4.52. The number of ether oxygens (including phenoxy) is 1. The largest absolute Gasteiger partial charge is 0.486 e. The summed E-state index contributed by atoms with van der Waals surface area (Å²) in [6.07, 6.45) is 0.980. The van der Waals surface area contributed by atoms with Crippen LogP contribution in [0.15, 0.2) is 30.4 Å². The lowest BCUT2D eigenvalue weighted by Crippen LogP contribution is -2.39. The Morgan fingerprint density at radius 3 is 2.72 bits per heavy atom. The van der Waals surface area contributed by atoms with Gasteiger partial charge >= 0.3 is 0 Å². The molecule has 3 unspecified atom stereocenters. The van der Waals surface area contributed by atoms with Crippen molar-refractivity contribution in [3.8, 4) is 5.75 Å². The average molecular weight is 389 g/mol. The summed E-state index contributed by atoms with van der Waals surface area (Å²) in [4.78, 5) is 14.3. The van der Waals surface area contributed by atoms with Gasteiger partial charge in [0.2, 0.25) is 5.91 Å². The smallest absolute Gasteiger partial charge is 0.272 e. The number of likely N-dealkylation sites (tertiary alicyclic amines) is 1. The molecule has 25 heavy (non-hydrogen) atoms. The molecule has 1 saturated heterocycles. The van der Waals surface area contributed by atoms with Gasteiger partial charge in [-0.1, -0.05) is 41.4 Å². The number of amides is 1. The zero-order chi connectivity index (χ0) is 18.4. The van der Waals surface area contributed by atoms with E-state index < -0.39 is 24.4 Å². The molecule has 0 saturated carbocycles. The fraction of sp³-hybridized carbons (Fsp3) is 0.412. The minimum atomic E-state index is -2.58. The predicted octanol–water partition coefficient (Wildman–Crippen LogP) is 4.28. The Kier molecular flexibility index (Phi) is 4.77. The van der Waals surface area contributed by atoms with Crippen molar-refractivity contribution in [3.63, 3.8) is 0 Å². The van der Waals surface area contributed by atoms with Crippen molar-refractivity contribution < 1.29 is 18.3 Å². The minimum Gasteiger partial charge on any atom is -0.486 e. The van der Waals surface area contributed by atoms with E-state index in [1.165, 1.54) is 6.07 Å². The van der Waals surface area contributed by atoms with Crippen molar-refractivity contribution in [2.75, 3.05) is 13.2 Å². The van der Waals surface area contributed by atoms with Crippen LogP contribution in [0.4, 0.5) is 8.78 Å². The van der Waals surface area contributed by atoms with Gasteiger partial charge in [0.05, 0.1) is 22.4 Å². The molecule has 0 aromatic heterocycles. The van der Waals surface area contributed by atoms with Gasteiger partial charge in [-0.25, -0.2) is 8.78 Å². The number of halogens is 4. The van der Waals surface area contributed by atoms with Gasteiger partial charge in [0.25, 0.3) is 6.43 Å². The van der Waals surface area contributed by atoms with E-state index in [0.717, 1.165) is 5.56 Å². The molecular formula is C17H16Cl2F2N2O2. The van der Waals surface area contributed by atoms with Crippen LogP contribution in [0.3, 0.4) is 0 Å². The fourth-order valence-corrected chi connectivity index (χ4v) is 3.73. The second-order valence-electron chi connectivity index (χ2n) is 6.23. The molecule has 3 atom stereocenters. The van der Waals surface area contributed by atoms with Gasteiger partial charge < -0.3 is 9.64 Å². The third-order valence-corrected chi connectivity index (χ3v) is 5.45. The van der Waals surface area contributed by atoms with Crippen LogP contribution in [0, 0.1) is 16.7 Å². The third kappa shape index (κ3) is 3.02. The number of fused-ring (bicyclic) bond motifs is 1. The highest BCUT2D eigenvalue weighted by atomic mass is 35.5. The normalized spacial score (nSPS) is 25.8. The van der Waals surface area contributed by atoms with Crippen LogP contribution in [0.2, 0.25) is 5.02 Å². The lowest BCUT2D eigenvalue weighted by atomic mass is 9.70. The zero-order valence-corrected chi connectivity index (χ0v) is 14.8. The molecule has 1 aliphatic heterocycles. The average Bonchev–Trinajstić information content (AvgIpc) is 2.71. The first-order valence-electron chi connectivity index (χ1n) is 7.71. The molecule has 1 heterocycles. The maximum Gasteiger partial charge on any atom is 0.272 e. The first-order valence-corrected chi connectivity index (χ1v) is 8.46. The molecule has 0 radical (unpaired) electrons. The third-order valence-electron chi connectivity index (χ3n) is 4.80. The minimum absolute atomic E-state index is 0.0446. The number of nitrogens with one attached hydrogen (secondary N) is 1. The van der Waals surface area contributed by atoms with Gasteiger partial charge in [-0.2, -0.15) is 0 Å². The van der Waals surface area contributed by atoms with Crippen LogP contribution in [0.25, 0.3) is 0 Å². The molecule has 1 aromatic rings. The van der Waals surface area contributed by atoms with Crippen LogP contribution in [-0.4, -0.2) is 35.6 Å². The number of carbonyl (C=O) groups is 1. The highest BCUT2D eigenvalue weighted by molar-refractivity contribution is 6.66. The Morgan fingerprint density at radius 2 is 2.24 bits per heavy atom. The van der Waals surface area contributed by atoms with Gasteiger partial charge in [-0.05, 0) is 24.6 Å². The Hall–Kier alpha value is -1.66. The molecule has 134 valence electrons. The summed E-state index contributed by atoms with van der Waals surface area (Å²) in [5.74, 6) is -0.315. The summed E-state index contributed by atoms with van der Waals surface area (Å²) in [5.41, 5.74) is 0.0251. The Bertz CT molecular complexity index is 756. The van der Waals surface area contributed by atoms with Crippen molar-refractivity contribution >= 4 is 34.3 Å². The fourth-order valence-electron chi connectivity index (χ4n) is 3.25. The van der Waals surface area contributed by atoms with Crippen LogP contribution in [0.5, 0.6) is 5.75 Å². The molecule has 1 fully saturated rings. The lowest BCUT2D eigenvalue weighted by Gasteiger charge is -2.33. The number of carbonyl (C=O) groups excluding carboxylic acids is 1. The standard InChI is InChI=1S/C17H16Cl2F2N2O2/c1-9(10-2-3-13(12(18)6-10)25-7-14(20)21)23-8-17(16(19)22)5-4-11(17)15(23)24/h2-6,9,11,14,22H,7-8H2,1H3. The maximum absolute atomic E-state index is 12.6. The Balaban J connectivity index is 1.78. The van der Waals surface area contributed by atoms with E-state index in [1.807, 2.05) is 6.92 Å². The number of benzene rings is 1. The molecule has 0 spiro atoms. The lowest BCUT2D eigenvalue weighted by molar-refractivity contribution is -0.131. The van der Waals surface area contributed by atoms with E-state index >= 15 is 0 Å². The van der Waals surface area contributed by atoms with E-state index in [0.29, 0.717) is 6.54 Å². The second-order valence-corrected chi connectivity index (χ2v) is 7.01. The number of alkyl halides is 2. The van der Waals surface area contributed by atoms with Gasteiger partial charge in [0.15, 0.2) is 0 Å². The highest BCUT2D eigenvalue weighted by Crippen LogP contribution is 2.50. The van der Waals surface area contributed by atoms with Crippen molar-refractivity contribution in [2.45, 2.75) is 19.4 Å². The number of hydrogen-bond donors (Lipinski definition) is 1. The number of nitrogens with zero attached hydrogens (tertiary/aromatic N) is 1. The zero-order valence-electron chi connectivity index (χ0n) is 13.3. The summed E-state index contributed by atoms with van der Waals surface area (Å²) < 4.78 is 29.4. The van der Waals surface area contributed by atoms with Crippen LogP contribution >= 0.6 is 23.2 Å². The molecule has 8 heteroatoms. The molecular weight excluding hydrogens is 373 g/mol. The van der Waals surface area contributed by atoms with Crippen molar-refractivity contribution in [2.24, 2.45) is 11.3 Å². The number of rotatable bonds is 6. The quantitative estimate of drug-likeness (QED) is 0.584. The molecule has 2 aliphatic rings. The molecule has 1 amide bonds. The Morgan fingerprint density at radius 1 is 1.52 bits per heavy atom. The molecule has 1 N–H and O–H groups in total. The van der Waals surface area contributed by atoms with Crippen molar-refractivity contribution in [1.82, 2.24) is 4.90 Å². The first-order chi connectivity index (χ1) is 11.8. The summed E-state index contributed by atoms with van der Waals surface area (Å²) in [7, 11) is 0. The molecule has 1 aliphatic carbocycles. The first kappa shape index (κ1) is 18.1. The summed E-state index contributed by atoms with van der Waals surface area (Å²) in [5, 5.41) is 7.94.